The Labute approximate surface area is 113 Å². The summed E-state index contributed by atoms with van der Waals surface area (Å²) in [6, 6.07) is 10.8. The van der Waals surface area contributed by atoms with Crippen LogP contribution < -0.4 is 0 Å². The quantitative estimate of drug-likeness (QED) is 0.532. The Morgan fingerprint density at radius 3 is 2.53 bits per heavy atom. The van der Waals surface area contributed by atoms with Crippen LogP contribution in [0, 0.1) is 11.3 Å². The highest BCUT2D eigenvalue weighted by molar-refractivity contribution is 9.09. The molecule has 1 aliphatic carbocycles. The summed E-state index contributed by atoms with van der Waals surface area (Å²) in [7, 11) is 0. The lowest BCUT2D eigenvalue weighted by Gasteiger charge is -2.42. The first-order chi connectivity index (χ1) is 8.01. The highest BCUT2D eigenvalue weighted by atomic mass is 79.9. The molecule has 2 rings (SSSR count). The van der Waals surface area contributed by atoms with Crippen molar-refractivity contribution in [2.24, 2.45) is 11.3 Å². The molecule has 1 aromatic carbocycles. The number of hydrogen-bond donors (Lipinski definition) is 0. The lowest BCUT2D eigenvalue weighted by Crippen LogP contribution is -2.37. The van der Waals surface area contributed by atoms with E-state index in [1.807, 2.05) is 0 Å². The van der Waals surface area contributed by atoms with Crippen LogP contribution >= 0.6 is 15.9 Å². The van der Waals surface area contributed by atoms with Crippen molar-refractivity contribution in [3.8, 4) is 0 Å². The van der Waals surface area contributed by atoms with E-state index in [1.165, 1.54) is 5.56 Å². The van der Waals surface area contributed by atoms with Crippen molar-refractivity contribution in [1.82, 2.24) is 0 Å². The van der Waals surface area contributed by atoms with Crippen LogP contribution in [-0.4, -0.2) is 4.83 Å². The van der Waals surface area contributed by atoms with Gasteiger partial charge >= 0.3 is 0 Å². The van der Waals surface area contributed by atoms with Crippen molar-refractivity contribution in [3.05, 3.63) is 47.5 Å². The maximum absolute atomic E-state index is 3.85. The number of benzene rings is 1. The number of alkyl halides is 1. The number of rotatable bonds is 2. The molecule has 1 aliphatic rings. The SMILES string of the molecule is CC1=CC[C@@H](Br)C(C)(C)[C@H]1Cc1ccccc1. The van der Waals surface area contributed by atoms with Crippen molar-refractivity contribution in [2.75, 3.05) is 0 Å². The normalized spacial score (nSPS) is 27.6. The largest absolute Gasteiger partial charge is 0.0881 e. The van der Waals surface area contributed by atoms with Gasteiger partial charge in [0.1, 0.15) is 0 Å². The second-order valence-corrected chi connectivity index (χ2v) is 6.82. The zero-order chi connectivity index (χ0) is 12.5. The van der Waals surface area contributed by atoms with E-state index in [2.05, 4.69) is 73.1 Å². The predicted octanol–water partition coefficient (Wildman–Crippen LogP) is 4.99. The van der Waals surface area contributed by atoms with E-state index < -0.39 is 0 Å². The molecule has 0 nitrogen and oxygen atoms in total. The van der Waals surface area contributed by atoms with Gasteiger partial charge in [-0.1, -0.05) is 71.8 Å². The van der Waals surface area contributed by atoms with Crippen LogP contribution in [-0.2, 0) is 6.42 Å². The van der Waals surface area contributed by atoms with Crippen LogP contribution in [0.5, 0.6) is 0 Å². The molecular weight excluding hydrogens is 272 g/mol. The molecule has 0 radical (unpaired) electrons. The number of hydrogen-bond acceptors (Lipinski definition) is 0. The minimum atomic E-state index is 0.328. The monoisotopic (exact) mass is 292 g/mol. The first-order valence-corrected chi connectivity index (χ1v) is 7.28. The van der Waals surface area contributed by atoms with Crippen molar-refractivity contribution >= 4 is 15.9 Å². The maximum atomic E-state index is 3.85. The van der Waals surface area contributed by atoms with Crippen molar-refractivity contribution < 1.29 is 0 Å². The Bertz CT molecular complexity index is 403. The lowest BCUT2D eigenvalue weighted by molar-refractivity contribution is 0.227. The first kappa shape index (κ1) is 12.9. The molecule has 0 heterocycles. The molecule has 2 atom stereocenters. The molecule has 0 fully saturated rings. The highest BCUT2D eigenvalue weighted by Crippen LogP contribution is 2.45. The second kappa shape index (κ2) is 4.97. The summed E-state index contributed by atoms with van der Waals surface area (Å²) >= 11 is 3.85. The minimum Gasteiger partial charge on any atom is -0.0881 e. The molecule has 0 unspecified atom stereocenters. The van der Waals surface area contributed by atoms with Gasteiger partial charge in [0.25, 0.3) is 0 Å². The van der Waals surface area contributed by atoms with Crippen LogP contribution in [0.2, 0.25) is 0 Å². The van der Waals surface area contributed by atoms with Crippen molar-refractivity contribution in [1.29, 1.82) is 0 Å². The molecule has 17 heavy (non-hydrogen) atoms. The topological polar surface area (TPSA) is 0 Å². The summed E-state index contributed by atoms with van der Waals surface area (Å²) in [4.78, 5) is 0.590. The van der Waals surface area contributed by atoms with E-state index in [1.54, 1.807) is 5.57 Å². The van der Waals surface area contributed by atoms with Gasteiger partial charge in [0.2, 0.25) is 0 Å². The third-order valence-corrected chi connectivity index (χ3v) is 5.74. The number of halogens is 1. The Kier molecular flexibility index (Phi) is 3.77. The molecule has 0 amide bonds. The van der Waals surface area contributed by atoms with E-state index in [-0.39, 0.29) is 0 Å². The summed E-state index contributed by atoms with van der Waals surface area (Å²) in [5.41, 5.74) is 3.32. The molecule has 0 saturated heterocycles. The third kappa shape index (κ3) is 2.65. The molecule has 0 spiro atoms. The van der Waals surface area contributed by atoms with Gasteiger partial charge in [-0.05, 0) is 36.7 Å². The van der Waals surface area contributed by atoms with Gasteiger partial charge in [-0.15, -0.1) is 0 Å². The van der Waals surface area contributed by atoms with Crippen molar-refractivity contribution in [2.45, 2.75) is 38.4 Å². The molecule has 0 aromatic heterocycles. The average Bonchev–Trinajstić information content (AvgIpc) is 2.32. The zero-order valence-electron chi connectivity index (χ0n) is 10.9. The Morgan fingerprint density at radius 1 is 1.24 bits per heavy atom. The highest BCUT2D eigenvalue weighted by Gasteiger charge is 2.38. The van der Waals surface area contributed by atoms with Gasteiger partial charge in [-0.25, -0.2) is 0 Å². The van der Waals surface area contributed by atoms with E-state index in [9.17, 15) is 0 Å². The van der Waals surface area contributed by atoms with Gasteiger partial charge in [-0.3, -0.25) is 0 Å². The van der Waals surface area contributed by atoms with Crippen molar-refractivity contribution in [3.63, 3.8) is 0 Å². The van der Waals surface area contributed by atoms with Gasteiger partial charge in [0, 0.05) is 4.83 Å². The predicted molar refractivity (Wildman–Crippen MR) is 78.5 cm³/mol. The Hall–Kier alpha value is -0.560. The molecule has 0 bridgehead atoms. The fourth-order valence-corrected chi connectivity index (χ4v) is 3.32. The molecule has 92 valence electrons. The molecule has 0 saturated carbocycles. The van der Waals surface area contributed by atoms with E-state index >= 15 is 0 Å². The summed E-state index contributed by atoms with van der Waals surface area (Å²) in [6.45, 7) is 7.06. The maximum Gasteiger partial charge on any atom is 0.0237 e. The zero-order valence-corrected chi connectivity index (χ0v) is 12.5. The van der Waals surface area contributed by atoms with Gasteiger partial charge < -0.3 is 0 Å². The van der Waals surface area contributed by atoms with Gasteiger partial charge in [0.05, 0.1) is 0 Å². The number of allylic oxidation sites excluding steroid dienone is 2. The van der Waals surface area contributed by atoms with Crippen LogP contribution in [0.4, 0.5) is 0 Å². The smallest absolute Gasteiger partial charge is 0.0237 e. The van der Waals surface area contributed by atoms with Crippen LogP contribution in [0.25, 0.3) is 0 Å². The first-order valence-electron chi connectivity index (χ1n) is 6.36. The Morgan fingerprint density at radius 2 is 1.88 bits per heavy atom. The summed E-state index contributed by atoms with van der Waals surface area (Å²) < 4.78 is 0. The third-order valence-electron chi connectivity index (χ3n) is 4.18. The molecule has 0 N–H and O–H groups in total. The summed E-state index contributed by atoms with van der Waals surface area (Å²) in [6.07, 6.45) is 4.71. The van der Waals surface area contributed by atoms with Crippen LogP contribution in [0.3, 0.4) is 0 Å². The fraction of sp³-hybridized carbons (Fsp3) is 0.500. The molecular formula is C16H21Br. The second-order valence-electron chi connectivity index (χ2n) is 5.72. The summed E-state index contributed by atoms with van der Waals surface area (Å²) in [5.74, 6) is 0.642. The Balaban J connectivity index is 2.24. The van der Waals surface area contributed by atoms with E-state index in [0.29, 0.717) is 16.2 Å². The van der Waals surface area contributed by atoms with Crippen LogP contribution in [0.1, 0.15) is 32.8 Å². The minimum absolute atomic E-state index is 0.328. The standard InChI is InChI=1S/C16H21Br/c1-12-9-10-15(17)16(2,3)14(12)11-13-7-5-4-6-8-13/h4-9,14-15H,10-11H2,1-3H3/t14-,15+/m0/s1. The van der Waals surface area contributed by atoms with E-state index in [0.717, 1.165) is 12.8 Å². The fourth-order valence-electron chi connectivity index (χ4n) is 2.81. The lowest BCUT2D eigenvalue weighted by atomic mass is 9.66. The van der Waals surface area contributed by atoms with Gasteiger partial charge in [0.15, 0.2) is 0 Å². The average molecular weight is 293 g/mol. The molecule has 1 heteroatoms. The summed E-state index contributed by atoms with van der Waals surface area (Å²) in [5, 5.41) is 0. The van der Waals surface area contributed by atoms with E-state index in [4.69, 9.17) is 0 Å². The molecule has 1 aromatic rings. The van der Waals surface area contributed by atoms with Crippen LogP contribution in [0.15, 0.2) is 42.0 Å². The molecule has 0 aliphatic heterocycles. The van der Waals surface area contributed by atoms with Gasteiger partial charge in [-0.2, -0.15) is 0 Å².